The molecule has 0 aromatic heterocycles. The quantitative estimate of drug-likeness (QED) is 0.0767. The zero-order chi connectivity index (χ0) is 24.8. The Kier molecular flexibility index (Phi) is 48.5. The van der Waals surface area contributed by atoms with Gasteiger partial charge in [0.2, 0.25) is 0 Å². The van der Waals surface area contributed by atoms with Crippen LogP contribution in [0, 0.1) is 0 Å². The standard InChI is InChI=1S/C18H37.3CH3NS2.Mo/c1-3-5-7-9-11-13-15-17-18-16-14-12-10-8-6-4-2;3*2-1(3)4;/h1,3-18H2,2H3;3*(H3,2,3,4);/q;;;;+3/p-3. The van der Waals surface area contributed by atoms with Gasteiger partial charge in [0.15, 0.2) is 0 Å². The van der Waals surface area contributed by atoms with Crippen molar-refractivity contribution in [1.29, 1.82) is 0 Å². The van der Waals surface area contributed by atoms with Crippen LogP contribution in [0.5, 0.6) is 0 Å². The molecule has 184 valence electrons. The second-order valence-corrected chi connectivity index (χ2v) is 11.4. The molecule has 6 N–H and O–H groups in total. The number of thiocarbonyl (C=S) groups is 3. The van der Waals surface area contributed by atoms with Crippen molar-refractivity contribution < 1.29 is 19.8 Å². The zero-order valence-electron chi connectivity index (χ0n) is 19.1. The van der Waals surface area contributed by atoms with E-state index in [-0.39, 0.29) is 13.0 Å². The van der Waals surface area contributed by atoms with Crippen molar-refractivity contribution in [3.63, 3.8) is 0 Å². The molecule has 0 unspecified atom stereocenters. The van der Waals surface area contributed by atoms with E-state index in [2.05, 4.69) is 118 Å². The zero-order valence-corrected chi connectivity index (χ0v) is 26.0. The van der Waals surface area contributed by atoms with Gasteiger partial charge in [-0.05, 0) is 0 Å². The van der Waals surface area contributed by atoms with Gasteiger partial charge in [0.1, 0.15) is 0 Å². The van der Waals surface area contributed by atoms with Gasteiger partial charge in [-0.1, -0.05) is 52.0 Å². The van der Waals surface area contributed by atoms with E-state index in [1.807, 2.05) is 0 Å². The summed E-state index contributed by atoms with van der Waals surface area (Å²) in [6.45, 7) is 2.30. The SMILES string of the molecule is CCCCCCCCCCCCCCCCC[CH2][Mo+3].NC(=S)[S-].NC(=S)[S-].NC(=S)[S-]. The topological polar surface area (TPSA) is 78.1 Å². The van der Waals surface area contributed by atoms with Gasteiger partial charge in [-0.2, -0.15) is 0 Å². The maximum atomic E-state index is 4.66. The predicted octanol–water partition coefficient (Wildman–Crippen LogP) is 6.54. The number of rotatable bonds is 16. The fourth-order valence-corrected chi connectivity index (χ4v) is 3.15. The molecule has 0 amide bonds. The number of nitrogens with two attached hydrogens (primary N) is 3. The van der Waals surface area contributed by atoms with Gasteiger partial charge < -0.3 is 91.7 Å². The van der Waals surface area contributed by atoms with Crippen LogP contribution in [-0.4, -0.2) is 13.0 Å². The van der Waals surface area contributed by atoms with Crippen LogP contribution >= 0.6 is 36.7 Å². The molecule has 0 aromatic carbocycles. The molecule has 0 fully saturated rings. The molecule has 0 bridgehead atoms. The van der Waals surface area contributed by atoms with Gasteiger partial charge in [-0.25, -0.2) is 0 Å². The van der Waals surface area contributed by atoms with Crippen molar-refractivity contribution in [3.05, 3.63) is 0 Å². The molecule has 0 radical (unpaired) electrons. The minimum atomic E-state index is 0.0833. The molecule has 0 atom stereocenters. The van der Waals surface area contributed by atoms with Crippen molar-refractivity contribution in [3.8, 4) is 0 Å². The van der Waals surface area contributed by atoms with E-state index in [0.29, 0.717) is 0 Å². The van der Waals surface area contributed by atoms with Crippen LogP contribution in [0.3, 0.4) is 0 Å². The monoisotopic (exact) mass is 627 g/mol. The summed E-state index contributed by atoms with van der Waals surface area (Å²) < 4.78 is 0.250. The van der Waals surface area contributed by atoms with Crippen molar-refractivity contribution in [2.24, 2.45) is 17.2 Å². The molecule has 31 heavy (non-hydrogen) atoms. The third kappa shape index (κ3) is 90.2. The minimum absolute atomic E-state index is 0.0833. The Bertz CT molecular complexity index is 332. The molecule has 0 spiro atoms. The fraction of sp³-hybridized carbons (Fsp3) is 0.857. The van der Waals surface area contributed by atoms with Crippen LogP contribution < -0.4 is 17.2 Å². The van der Waals surface area contributed by atoms with Crippen LogP contribution in [0.1, 0.15) is 110 Å². The molecular formula is C21H43MoN3S6. The second-order valence-electron chi connectivity index (χ2n) is 6.96. The summed E-state index contributed by atoms with van der Waals surface area (Å²) in [5.74, 6) is 0. The summed E-state index contributed by atoms with van der Waals surface area (Å²) in [6, 6.07) is 0. The van der Waals surface area contributed by atoms with Crippen LogP contribution in [-0.2, 0) is 57.7 Å². The summed E-state index contributed by atoms with van der Waals surface area (Å²) in [4.78, 5) is 1.38. The van der Waals surface area contributed by atoms with Gasteiger partial charge in [0.05, 0.1) is 0 Å². The Morgan fingerprint density at radius 1 is 0.516 bits per heavy atom. The normalized spacial score (nSPS) is 9.03. The van der Waals surface area contributed by atoms with Crippen LogP contribution in [0.2, 0.25) is 4.81 Å². The number of unbranched alkanes of at least 4 members (excludes halogenated alkanes) is 15. The minimum Gasteiger partial charge on any atom is -0.415 e. The predicted molar refractivity (Wildman–Crippen MR) is 157 cm³/mol. The smallest absolute Gasteiger partial charge is 0.0708 e. The molecule has 0 aliphatic carbocycles. The van der Waals surface area contributed by atoms with Gasteiger partial charge in [-0.3, -0.25) is 0 Å². The van der Waals surface area contributed by atoms with E-state index in [4.69, 9.17) is 0 Å². The average Bonchev–Trinajstić information content (AvgIpc) is 2.63. The summed E-state index contributed by atoms with van der Waals surface area (Å²) in [7, 11) is 0. The summed E-state index contributed by atoms with van der Waals surface area (Å²) in [6.07, 6.45) is 23.5. The third-order valence-corrected chi connectivity index (χ3v) is 4.71. The van der Waals surface area contributed by atoms with Crippen molar-refractivity contribution in [2.75, 3.05) is 0 Å². The maximum absolute atomic E-state index is 4.66. The Hall–Kier alpha value is 1.02. The van der Waals surface area contributed by atoms with Crippen molar-refractivity contribution in [2.45, 2.75) is 114 Å². The first-order valence-corrected chi connectivity index (χ1v) is 15.0. The van der Waals surface area contributed by atoms with Crippen LogP contribution in [0.4, 0.5) is 0 Å². The molecule has 0 aliphatic heterocycles. The first-order valence-electron chi connectivity index (χ1n) is 11.1. The molecule has 0 saturated carbocycles. The molecule has 0 rings (SSSR count). The summed E-state index contributed by atoms with van der Waals surface area (Å²) in [5, 5.41) is 0. The van der Waals surface area contributed by atoms with E-state index < -0.39 is 0 Å². The summed E-state index contributed by atoms with van der Waals surface area (Å²) >= 11 is 27.0. The molecule has 0 heterocycles. The first kappa shape index (κ1) is 39.2. The maximum Gasteiger partial charge on any atom is -0.0708 e. The van der Waals surface area contributed by atoms with E-state index in [9.17, 15) is 0 Å². The van der Waals surface area contributed by atoms with Crippen molar-refractivity contribution >= 4 is 87.5 Å². The van der Waals surface area contributed by atoms with Crippen molar-refractivity contribution in [1.82, 2.24) is 0 Å². The Morgan fingerprint density at radius 2 is 0.677 bits per heavy atom. The second kappa shape index (κ2) is 38.3. The van der Waals surface area contributed by atoms with E-state index in [1.165, 1.54) is 108 Å². The molecule has 10 heteroatoms. The molecule has 0 saturated heterocycles. The van der Waals surface area contributed by atoms with Gasteiger partial charge >= 0.3 is 95.3 Å². The molecular weight excluding hydrogens is 583 g/mol. The van der Waals surface area contributed by atoms with Gasteiger partial charge in [0, 0.05) is 0 Å². The van der Waals surface area contributed by atoms with E-state index >= 15 is 0 Å². The van der Waals surface area contributed by atoms with E-state index in [0.717, 1.165) is 0 Å². The molecule has 0 aromatic rings. The third-order valence-electron chi connectivity index (χ3n) is 4.00. The van der Waals surface area contributed by atoms with Gasteiger partial charge in [0.25, 0.3) is 0 Å². The Labute approximate surface area is 237 Å². The average molecular weight is 626 g/mol. The number of hydrogen-bond acceptors (Lipinski definition) is 6. The van der Waals surface area contributed by atoms with E-state index in [1.54, 1.807) is 0 Å². The Morgan fingerprint density at radius 3 is 0.839 bits per heavy atom. The number of hydrogen-bond donors (Lipinski definition) is 3. The largest absolute Gasteiger partial charge is 0.415 e. The van der Waals surface area contributed by atoms with Crippen LogP contribution in [0.15, 0.2) is 0 Å². The first-order chi connectivity index (χ1) is 14.6. The van der Waals surface area contributed by atoms with Gasteiger partial charge in [-0.15, -0.1) is 0 Å². The van der Waals surface area contributed by atoms with Crippen LogP contribution in [0.25, 0.3) is 0 Å². The molecule has 3 nitrogen and oxygen atoms in total. The fourth-order valence-electron chi connectivity index (χ4n) is 2.65. The Balaban J connectivity index is -0.000000247. The molecule has 0 aliphatic rings. The summed E-state index contributed by atoms with van der Waals surface area (Å²) in [5.41, 5.74) is 14.0.